The summed E-state index contributed by atoms with van der Waals surface area (Å²) in [6.07, 6.45) is 6.37. The van der Waals surface area contributed by atoms with Crippen molar-refractivity contribution in [3.05, 3.63) is 46.2 Å². The van der Waals surface area contributed by atoms with Crippen LogP contribution in [0.4, 0.5) is 0 Å². The quantitative estimate of drug-likeness (QED) is 0.940. The fraction of sp³-hybridized carbons (Fsp3) is 0.500. The molecule has 0 unspecified atom stereocenters. The molecule has 3 rings (SSSR count). The predicted octanol–water partition coefficient (Wildman–Crippen LogP) is 3.49. The van der Waals surface area contributed by atoms with Gasteiger partial charge in [0, 0.05) is 17.5 Å². The molecular formula is C16H21ClN4. The second-order valence-corrected chi connectivity index (χ2v) is 6.18. The maximum absolute atomic E-state index is 5.94. The van der Waals surface area contributed by atoms with Crippen molar-refractivity contribution in [2.24, 2.45) is 5.73 Å². The first-order chi connectivity index (χ1) is 10.3. The summed E-state index contributed by atoms with van der Waals surface area (Å²) in [6, 6.07) is 7.91. The van der Waals surface area contributed by atoms with Crippen LogP contribution in [0.5, 0.6) is 0 Å². The molecule has 0 bridgehead atoms. The molecule has 0 atom stereocenters. The van der Waals surface area contributed by atoms with Crippen molar-refractivity contribution < 1.29 is 0 Å². The van der Waals surface area contributed by atoms with E-state index in [2.05, 4.69) is 10.3 Å². The van der Waals surface area contributed by atoms with Crippen LogP contribution >= 0.6 is 11.6 Å². The topological polar surface area (TPSA) is 56.7 Å². The second-order valence-electron chi connectivity index (χ2n) is 5.74. The summed E-state index contributed by atoms with van der Waals surface area (Å²) < 4.78 is 2.03. The van der Waals surface area contributed by atoms with Crippen LogP contribution in [0.2, 0.25) is 5.02 Å². The minimum absolute atomic E-state index is 0.465. The number of aromatic nitrogens is 3. The molecule has 0 spiro atoms. The summed E-state index contributed by atoms with van der Waals surface area (Å²) in [5.41, 5.74) is 9.23. The lowest BCUT2D eigenvalue weighted by Gasteiger charge is -2.23. The smallest absolute Gasteiger partial charge is 0.0997 e. The van der Waals surface area contributed by atoms with Crippen molar-refractivity contribution in [1.29, 1.82) is 0 Å². The van der Waals surface area contributed by atoms with Crippen molar-refractivity contribution in [3.63, 3.8) is 0 Å². The van der Waals surface area contributed by atoms with Crippen molar-refractivity contribution in [1.82, 2.24) is 15.0 Å². The molecule has 1 saturated carbocycles. The van der Waals surface area contributed by atoms with Crippen LogP contribution in [0.15, 0.2) is 24.3 Å². The summed E-state index contributed by atoms with van der Waals surface area (Å²) in [5, 5.41) is 9.38. The Morgan fingerprint density at radius 1 is 1.14 bits per heavy atom. The van der Waals surface area contributed by atoms with Gasteiger partial charge in [0.2, 0.25) is 0 Å². The van der Waals surface area contributed by atoms with Crippen molar-refractivity contribution in [2.75, 3.05) is 0 Å². The van der Waals surface area contributed by atoms with E-state index >= 15 is 0 Å². The molecule has 4 nitrogen and oxygen atoms in total. The molecular weight excluding hydrogens is 284 g/mol. The van der Waals surface area contributed by atoms with Gasteiger partial charge in [0.1, 0.15) is 0 Å². The number of rotatable bonds is 4. The van der Waals surface area contributed by atoms with E-state index in [0.717, 1.165) is 17.3 Å². The first-order valence-corrected chi connectivity index (χ1v) is 8.02. The Labute approximate surface area is 130 Å². The molecule has 1 aliphatic rings. The highest BCUT2D eigenvalue weighted by molar-refractivity contribution is 6.30. The van der Waals surface area contributed by atoms with Gasteiger partial charge < -0.3 is 5.73 Å². The van der Waals surface area contributed by atoms with Crippen molar-refractivity contribution in [3.8, 4) is 0 Å². The number of nitrogens with two attached hydrogens (primary N) is 1. The van der Waals surface area contributed by atoms with Crippen LogP contribution in [0.1, 0.15) is 55.0 Å². The van der Waals surface area contributed by atoms with Gasteiger partial charge in [-0.05, 0) is 30.5 Å². The van der Waals surface area contributed by atoms with E-state index in [1.165, 1.54) is 43.4 Å². The Balaban J connectivity index is 1.87. The van der Waals surface area contributed by atoms with Gasteiger partial charge in [0.05, 0.1) is 17.9 Å². The minimum atomic E-state index is 0.465. The van der Waals surface area contributed by atoms with Gasteiger partial charge in [-0.3, -0.25) is 0 Å². The Morgan fingerprint density at radius 3 is 2.52 bits per heavy atom. The molecule has 0 radical (unpaired) electrons. The van der Waals surface area contributed by atoms with Gasteiger partial charge >= 0.3 is 0 Å². The highest BCUT2D eigenvalue weighted by Gasteiger charge is 2.23. The third kappa shape index (κ3) is 3.27. The SMILES string of the molecule is NCc1nnn(Cc2ccc(Cl)cc2)c1C1CCCCC1. The van der Waals surface area contributed by atoms with Crippen LogP contribution in [0.25, 0.3) is 0 Å². The third-order valence-electron chi connectivity index (χ3n) is 4.28. The average molecular weight is 305 g/mol. The lowest BCUT2D eigenvalue weighted by atomic mass is 9.86. The molecule has 112 valence electrons. The van der Waals surface area contributed by atoms with E-state index in [1.807, 2.05) is 28.9 Å². The summed E-state index contributed by atoms with van der Waals surface area (Å²) in [6.45, 7) is 1.20. The van der Waals surface area contributed by atoms with E-state index in [9.17, 15) is 0 Å². The minimum Gasteiger partial charge on any atom is -0.325 e. The lowest BCUT2D eigenvalue weighted by molar-refractivity contribution is 0.417. The largest absolute Gasteiger partial charge is 0.325 e. The fourth-order valence-electron chi connectivity index (χ4n) is 3.20. The molecule has 2 aromatic rings. The highest BCUT2D eigenvalue weighted by atomic mass is 35.5. The van der Waals surface area contributed by atoms with Crippen LogP contribution in [-0.2, 0) is 13.1 Å². The zero-order valence-electron chi connectivity index (χ0n) is 12.1. The van der Waals surface area contributed by atoms with E-state index in [-0.39, 0.29) is 0 Å². The maximum atomic E-state index is 5.94. The maximum Gasteiger partial charge on any atom is 0.0997 e. The standard InChI is InChI=1S/C16H21ClN4/c17-14-8-6-12(7-9-14)11-21-16(15(10-18)19-20-21)13-4-2-1-3-5-13/h6-9,13H,1-5,10-11,18H2. The van der Waals surface area contributed by atoms with Crippen LogP contribution in [0, 0.1) is 0 Å². The predicted molar refractivity (Wildman–Crippen MR) is 84.3 cm³/mol. The summed E-state index contributed by atoms with van der Waals surface area (Å²) >= 11 is 5.94. The monoisotopic (exact) mass is 304 g/mol. The molecule has 1 aliphatic carbocycles. The van der Waals surface area contributed by atoms with Crippen LogP contribution in [-0.4, -0.2) is 15.0 Å². The molecule has 21 heavy (non-hydrogen) atoms. The molecule has 0 saturated heterocycles. The zero-order valence-corrected chi connectivity index (χ0v) is 12.9. The van der Waals surface area contributed by atoms with Crippen molar-refractivity contribution >= 4 is 11.6 Å². The van der Waals surface area contributed by atoms with Crippen LogP contribution in [0.3, 0.4) is 0 Å². The first kappa shape index (κ1) is 14.5. The van der Waals surface area contributed by atoms with E-state index in [1.54, 1.807) is 0 Å². The Kier molecular flexibility index (Phi) is 4.56. The molecule has 0 amide bonds. The molecule has 5 heteroatoms. The number of nitrogens with zero attached hydrogens (tertiary/aromatic N) is 3. The molecule has 1 heterocycles. The highest BCUT2D eigenvalue weighted by Crippen LogP contribution is 2.34. The van der Waals surface area contributed by atoms with E-state index < -0.39 is 0 Å². The molecule has 1 fully saturated rings. The molecule has 0 aliphatic heterocycles. The Morgan fingerprint density at radius 2 is 1.86 bits per heavy atom. The molecule has 1 aromatic heterocycles. The van der Waals surface area contributed by atoms with Crippen LogP contribution < -0.4 is 5.73 Å². The average Bonchev–Trinajstić information content (AvgIpc) is 2.93. The zero-order chi connectivity index (χ0) is 14.7. The van der Waals surface area contributed by atoms with Gasteiger partial charge in [0.25, 0.3) is 0 Å². The normalized spacial score (nSPS) is 16.3. The second kappa shape index (κ2) is 6.58. The molecule has 1 aromatic carbocycles. The number of benzene rings is 1. The Bertz CT molecular complexity index is 585. The van der Waals surface area contributed by atoms with Gasteiger partial charge in [-0.15, -0.1) is 5.10 Å². The summed E-state index contributed by atoms with van der Waals surface area (Å²) in [5.74, 6) is 0.555. The summed E-state index contributed by atoms with van der Waals surface area (Å²) in [4.78, 5) is 0. The van der Waals surface area contributed by atoms with Gasteiger partial charge in [-0.1, -0.05) is 48.2 Å². The number of hydrogen-bond donors (Lipinski definition) is 1. The van der Waals surface area contributed by atoms with E-state index in [0.29, 0.717) is 12.5 Å². The van der Waals surface area contributed by atoms with Crippen molar-refractivity contribution in [2.45, 2.75) is 51.1 Å². The third-order valence-corrected chi connectivity index (χ3v) is 4.53. The first-order valence-electron chi connectivity index (χ1n) is 7.64. The lowest BCUT2D eigenvalue weighted by Crippen LogP contribution is -2.15. The fourth-order valence-corrected chi connectivity index (χ4v) is 3.33. The van der Waals surface area contributed by atoms with Gasteiger partial charge in [0.15, 0.2) is 0 Å². The number of halogens is 1. The summed E-state index contributed by atoms with van der Waals surface area (Å²) in [7, 11) is 0. The van der Waals surface area contributed by atoms with E-state index in [4.69, 9.17) is 17.3 Å². The van der Waals surface area contributed by atoms with Gasteiger partial charge in [-0.25, -0.2) is 4.68 Å². The number of hydrogen-bond acceptors (Lipinski definition) is 3. The molecule has 2 N–H and O–H groups in total. The Hall–Kier alpha value is -1.39. The van der Waals surface area contributed by atoms with Gasteiger partial charge in [-0.2, -0.15) is 0 Å².